The number of aliphatic hydroxyl groups excluding tert-OH is 1. The van der Waals surface area contributed by atoms with E-state index in [1.165, 1.54) is 0 Å². The number of aliphatic hydroxyl groups is 1. The van der Waals surface area contributed by atoms with Crippen LogP contribution in [0, 0.1) is 11.3 Å². The average molecular weight is 219 g/mol. The number of nitrogens with zero attached hydrogens (tertiary/aromatic N) is 1. The molecule has 16 heavy (non-hydrogen) atoms. The van der Waals surface area contributed by atoms with Crippen molar-refractivity contribution in [3.63, 3.8) is 0 Å². The Hall–Kier alpha value is -1.53. The van der Waals surface area contributed by atoms with Gasteiger partial charge in [0.2, 0.25) is 0 Å². The van der Waals surface area contributed by atoms with Gasteiger partial charge in [0.1, 0.15) is 5.75 Å². The molecule has 0 bridgehead atoms. The molecule has 1 N–H and O–H groups in total. The zero-order valence-electron chi connectivity index (χ0n) is 9.52. The van der Waals surface area contributed by atoms with E-state index in [2.05, 4.69) is 6.07 Å². The summed E-state index contributed by atoms with van der Waals surface area (Å²) < 4.78 is 5.50. The smallest absolute Gasteiger partial charge is 0.119 e. The first-order valence-electron chi connectivity index (χ1n) is 5.52. The summed E-state index contributed by atoms with van der Waals surface area (Å²) in [5.41, 5.74) is 0.886. The summed E-state index contributed by atoms with van der Waals surface area (Å²) in [6.45, 7) is 2.37. The van der Waals surface area contributed by atoms with Crippen LogP contribution in [0.5, 0.6) is 5.75 Å². The lowest BCUT2D eigenvalue weighted by Gasteiger charge is -2.08. The number of hydrogen-bond donors (Lipinski definition) is 1. The first-order chi connectivity index (χ1) is 7.74. The van der Waals surface area contributed by atoms with Crippen molar-refractivity contribution in [3.8, 4) is 11.8 Å². The molecule has 1 rings (SSSR count). The molecular weight excluding hydrogens is 202 g/mol. The fraction of sp³-hybridized carbons (Fsp3) is 0.462. The minimum absolute atomic E-state index is 0.440. The standard InChI is InChI=1S/C13H17NO2/c1-11(15)12-5-7-13(8-6-12)16-10-4-2-3-9-14/h5-8,11,15H,2-4,10H2,1H3/t11-/m0/s1. The molecule has 0 amide bonds. The summed E-state index contributed by atoms with van der Waals surface area (Å²) in [5, 5.41) is 17.7. The van der Waals surface area contributed by atoms with E-state index in [-0.39, 0.29) is 0 Å². The second kappa shape index (κ2) is 6.86. The van der Waals surface area contributed by atoms with Gasteiger partial charge >= 0.3 is 0 Å². The lowest BCUT2D eigenvalue weighted by molar-refractivity contribution is 0.199. The molecule has 0 aliphatic rings. The number of benzene rings is 1. The van der Waals surface area contributed by atoms with Crippen molar-refractivity contribution in [2.24, 2.45) is 0 Å². The molecule has 0 aliphatic carbocycles. The van der Waals surface area contributed by atoms with Crippen molar-refractivity contribution in [1.29, 1.82) is 5.26 Å². The highest BCUT2D eigenvalue weighted by atomic mass is 16.5. The van der Waals surface area contributed by atoms with Gasteiger partial charge in [-0.15, -0.1) is 0 Å². The maximum absolute atomic E-state index is 9.32. The molecule has 0 aromatic heterocycles. The van der Waals surface area contributed by atoms with Crippen molar-refractivity contribution in [2.45, 2.75) is 32.3 Å². The molecule has 0 fully saturated rings. The lowest BCUT2D eigenvalue weighted by Crippen LogP contribution is -1.97. The predicted molar refractivity (Wildman–Crippen MR) is 62.0 cm³/mol. The SMILES string of the molecule is C[C@H](O)c1ccc(OCCCCC#N)cc1. The summed E-state index contributed by atoms with van der Waals surface area (Å²) in [4.78, 5) is 0. The van der Waals surface area contributed by atoms with Gasteiger partial charge in [-0.2, -0.15) is 5.26 Å². The maximum Gasteiger partial charge on any atom is 0.119 e. The molecule has 3 heteroatoms. The third-order valence-electron chi connectivity index (χ3n) is 2.31. The molecule has 1 atom stereocenters. The molecule has 0 saturated heterocycles. The van der Waals surface area contributed by atoms with Crippen LogP contribution in [0.4, 0.5) is 0 Å². The number of rotatable bonds is 6. The molecule has 3 nitrogen and oxygen atoms in total. The van der Waals surface area contributed by atoms with Gasteiger partial charge < -0.3 is 9.84 Å². The van der Waals surface area contributed by atoms with Gasteiger partial charge in [0, 0.05) is 6.42 Å². The number of unbranched alkanes of at least 4 members (excludes halogenated alkanes) is 2. The zero-order chi connectivity index (χ0) is 11.8. The molecule has 0 heterocycles. The van der Waals surface area contributed by atoms with Crippen molar-refractivity contribution >= 4 is 0 Å². The van der Waals surface area contributed by atoms with Gasteiger partial charge in [-0.1, -0.05) is 12.1 Å². The van der Waals surface area contributed by atoms with E-state index >= 15 is 0 Å². The lowest BCUT2D eigenvalue weighted by atomic mass is 10.1. The Bertz CT molecular complexity index is 338. The van der Waals surface area contributed by atoms with Gasteiger partial charge in [0.25, 0.3) is 0 Å². The molecule has 0 radical (unpaired) electrons. The van der Waals surface area contributed by atoms with Crippen molar-refractivity contribution in [1.82, 2.24) is 0 Å². The van der Waals surface area contributed by atoms with E-state index in [1.54, 1.807) is 6.92 Å². The second-order valence-corrected chi connectivity index (χ2v) is 3.71. The largest absolute Gasteiger partial charge is 0.494 e. The zero-order valence-corrected chi connectivity index (χ0v) is 9.52. The summed E-state index contributed by atoms with van der Waals surface area (Å²) >= 11 is 0. The van der Waals surface area contributed by atoms with Crippen molar-refractivity contribution < 1.29 is 9.84 Å². The van der Waals surface area contributed by atoms with Crippen LogP contribution in [0.3, 0.4) is 0 Å². The Labute approximate surface area is 96.3 Å². The first kappa shape index (κ1) is 12.5. The minimum Gasteiger partial charge on any atom is -0.494 e. The topological polar surface area (TPSA) is 53.2 Å². The third kappa shape index (κ3) is 4.33. The normalized spacial score (nSPS) is 11.8. The van der Waals surface area contributed by atoms with Crippen LogP contribution in [-0.2, 0) is 0 Å². The average Bonchev–Trinajstić information content (AvgIpc) is 2.29. The molecule has 86 valence electrons. The van der Waals surface area contributed by atoms with E-state index in [1.807, 2.05) is 24.3 Å². The van der Waals surface area contributed by atoms with Crippen LogP contribution in [-0.4, -0.2) is 11.7 Å². The van der Waals surface area contributed by atoms with Crippen molar-refractivity contribution in [2.75, 3.05) is 6.61 Å². The fourth-order valence-electron chi connectivity index (χ4n) is 1.34. The first-order valence-corrected chi connectivity index (χ1v) is 5.52. The Kier molecular flexibility index (Phi) is 5.38. The number of ether oxygens (including phenoxy) is 1. The molecule has 0 aliphatic heterocycles. The summed E-state index contributed by atoms with van der Waals surface area (Å²) in [6, 6.07) is 9.52. The molecule has 1 aromatic rings. The van der Waals surface area contributed by atoms with E-state index in [4.69, 9.17) is 10.00 Å². The van der Waals surface area contributed by atoms with E-state index in [9.17, 15) is 5.11 Å². The Balaban J connectivity index is 2.30. The molecule has 0 unspecified atom stereocenters. The Morgan fingerprint density at radius 3 is 2.56 bits per heavy atom. The van der Waals surface area contributed by atoms with Crippen LogP contribution in [0.1, 0.15) is 37.9 Å². The fourth-order valence-corrected chi connectivity index (χ4v) is 1.34. The highest BCUT2D eigenvalue weighted by Crippen LogP contribution is 2.17. The van der Waals surface area contributed by atoms with Crippen LogP contribution < -0.4 is 4.74 Å². The summed E-state index contributed by atoms with van der Waals surface area (Å²) in [5.74, 6) is 0.807. The monoisotopic (exact) mass is 219 g/mol. The summed E-state index contributed by atoms with van der Waals surface area (Å²) in [6.07, 6.45) is 1.92. The van der Waals surface area contributed by atoms with E-state index in [0.29, 0.717) is 13.0 Å². The van der Waals surface area contributed by atoms with E-state index < -0.39 is 6.10 Å². The van der Waals surface area contributed by atoms with Crippen LogP contribution in [0.25, 0.3) is 0 Å². The van der Waals surface area contributed by atoms with Gasteiger partial charge in [0.05, 0.1) is 18.8 Å². The highest BCUT2D eigenvalue weighted by Gasteiger charge is 2.00. The van der Waals surface area contributed by atoms with E-state index in [0.717, 1.165) is 24.2 Å². The van der Waals surface area contributed by atoms with Gasteiger partial charge in [-0.25, -0.2) is 0 Å². The molecule has 0 saturated carbocycles. The summed E-state index contributed by atoms with van der Waals surface area (Å²) in [7, 11) is 0. The number of nitriles is 1. The van der Waals surface area contributed by atoms with Crippen LogP contribution in [0.15, 0.2) is 24.3 Å². The minimum atomic E-state index is -0.440. The Morgan fingerprint density at radius 1 is 1.31 bits per heavy atom. The second-order valence-electron chi connectivity index (χ2n) is 3.71. The quantitative estimate of drug-likeness (QED) is 0.748. The predicted octanol–water partition coefficient (Wildman–Crippen LogP) is 2.81. The third-order valence-corrected chi connectivity index (χ3v) is 2.31. The Morgan fingerprint density at radius 2 is 2.00 bits per heavy atom. The molecule has 1 aromatic carbocycles. The molecular formula is C13H17NO2. The van der Waals surface area contributed by atoms with Gasteiger partial charge in [-0.3, -0.25) is 0 Å². The molecule has 0 spiro atoms. The number of hydrogen-bond acceptors (Lipinski definition) is 3. The maximum atomic E-state index is 9.32. The van der Waals surface area contributed by atoms with Gasteiger partial charge in [0.15, 0.2) is 0 Å². The van der Waals surface area contributed by atoms with Crippen LogP contribution >= 0.6 is 0 Å². The van der Waals surface area contributed by atoms with Crippen LogP contribution in [0.2, 0.25) is 0 Å². The highest BCUT2D eigenvalue weighted by molar-refractivity contribution is 5.28. The van der Waals surface area contributed by atoms with Gasteiger partial charge in [-0.05, 0) is 37.5 Å². The van der Waals surface area contributed by atoms with Crippen molar-refractivity contribution in [3.05, 3.63) is 29.8 Å².